The summed E-state index contributed by atoms with van der Waals surface area (Å²) in [6.07, 6.45) is 0.331. The van der Waals surface area contributed by atoms with E-state index >= 15 is 0 Å². The van der Waals surface area contributed by atoms with Crippen molar-refractivity contribution in [2.75, 3.05) is 6.54 Å². The number of fused-ring (bicyclic) bond motifs is 1. The molecule has 116 valence electrons. The van der Waals surface area contributed by atoms with Crippen molar-refractivity contribution in [3.8, 4) is 0 Å². The molecule has 0 aliphatic carbocycles. The number of nitrogens with two attached hydrogens (primary N) is 1. The van der Waals surface area contributed by atoms with Crippen LogP contribution in [-0.4, -0.2) is 23.1 Å². The molecule has 2 rings (SSSR count). The highest BCUT2D eigenvalue weighted by molar-refractivity contribution is 9.10. The Hall–Kier alpha value is -0.780. The molecule has 0 saturated heterocycles. The van der Waals surface area contributed by atoms with Crippen LogP contribution in [0.15, 0.2) is 16.6 Å². The van der Waals surface area contributed by atoms with Gasteiger partial charge in [0.15, 0.2) is 0 Å². The Morgan fingerprint density at radius 1 is 1.48 bits per heavy atom. The number of carbonyl (C=O) groups excluding carboxylic acids is 1. The Bertz CT molecular complexity index is 557. The number of ether oxygens (including phenoxy) is 1. The van der Waals surface area contributed by atoms with Crippen LogP contribution in [0.1, 0.15) is 44.4 Å². The summed E-state index contributed by atoms with van der Waals surface area (Å²) in [4.78, 5) is 14.0. The molecular weight excluding hydrogens is 356 g/mol. The number of hydrogen-bond donors (Lipinski definition) is 1. The van der Waals surface area contributed by atoms with Crippen LogP contribution in [0.25, 0.3) is 0 Å². The van der Waals surface area contributed by atoms with Gasteiger partial charge in [0.05, 0.1) is 6.54 Å². The van der Waals surface area contributed by atoms with Crippen LogP contribution in [0.4, 0.5) is 4.79 Å². The maximum absolute atomic E-state index is 12.3. The van der Waals surface area contributed by atoms with Crippen molar-refractivity contribution in [2.24, 2.45) is 5.73 Å². The van der Waals surface area contributed by atoms with Gasteiger partial charge in [-0.1, -0.05) is 27.5 Å². The maximum atomic E-state index is 12.3. The van der Waals surface area contributed by atoms with Gasteiger partial charge in [-0.3, -0.25) is 0 Å². The lowest BCUT2D eigenvalue weighted by Crippen LogP contribution is -2.36. The number of rotatable bonds is 0. The Balaban J connectivity index is 2.31. The Labute approximate surface area is 138 Å². The third-order valence-electron chi connectivity index (χ3n) is 3.33. The zero-order valence-corrected chi connectivity index (χ0v) is 14.8. The fourth-order valence-corrected chi connectivity index (χ4v) is 3.15. The average Bonchev–Trinajstić information content (AvgIpc) is 2.52. The normalized spacial score (nSPS) is 19.0. The molecule has 1 unspecified atom stereocenters. The van der Waals surface area contributed by atoms with E-state index in [1.807, 2.05) is 32.9 Å². The molecule has 1 aliphatic heterocycles. The first-order valence-electron chi connectivity index (χ1n) is 6.89. The molecule has 0 radical (unpaired) electrons. The third kappa shape index (κ3) is 3.90. The molecule has 21 heavy (non-hydrogen) atoms. The van der Waals surface area contributed by atoms with E-state index in [1.165, 1.54) is 0 Å². The second kappa shape index (κ2) is 6.15. The molecule has 6 heteroatoms. The molecule has 0 bridgehead atoms. The SMILES string of the molecule is CC(C)(C)OC(=O)N1CCC(N)c2c(Cl)ccc(Br)c2C1. The molecule has 0 fully saturated rings. The minimum atomic E-state index is -0.514. The van der Waals surface area contributed by atoms with Crippen LogP contribution in [0.3, 0.4) is 0 Å². The van der Waals surface area contributed by atoms with E-state index in [1.54, 1.807) is 4.90 Å². The van der Waals surface area contributed by atoms with Crippen molar-refractivity contribution in [3.05, 3.63) is 32.8 Å². The van der Waals surface area contributed by atoms with E-state index in [0.717, 1.165) is 15.6 Å². The Morgan fingerprint density at radius 2 is 2.14 bits per heavy atom. The summed E-state index contributed by atoms with van der Waals surface area (Å²) in [5.74, 6) is 0. The first-order valence-corrected chi connectivity index (χ1v) is 8.06. The predicted molar refractivity (Wildman–Crippen MR) is 87.3 cm³/mol. The number of nitrogens with zero attached hydrogens (tertiary/aromatic N) is 1. The number of hydrogen-bond acceptors (Lipinski definition) is 3. The van der Waals surface area contributed by atoms with Gasteiger partial charge in [-0.25, -0.2) is 4.79 Å². The van der Waals surface area contributed by atoms with Gasteiger partial charge in [-0.15, -0.1) is 0 Å². The topological polar surface area (TPSA) is 55.6 Å². The van der Waals surface area contributed by atoms with Gasteiger partial charge in [-0.05, 0) is 50.5 Å². The fraction of sp³-hybridized carbons (Fsp3) is 0.533. The first kappa shape index (κ1) is 16.6. The van der Waals surface area contributed by atoms with Gasteiger partial charge in [-0.2, -0.15) is 0 Å². The molecular formula is C15H20BrClN2O2. The number of benzene rings is 1. The second-order valence-electron chi connectivity index (χ2n) is 6.22. The monoisotopic (exact) mass is 374 g/mol. The van der Waals surface area contributed by atoms with E-state index in [4.69, 9.17) is 22.1 Å². The van der Waals surface area contributed by atoms with Crippen molar-refractivity contribution in [1.82, 2.24) is 4.90 Å². The maximum Gasteiger partial charge on any atom is 0.410 e. The largest absolute Gasteiger partial charge is 0.444 e. The molecule has 1 amide bonds. The third-order valence-corrected chi connectivity index (χ3v) is 4.40. The van der Waals surface area contributed by atoms with E-state index in [9.17, 15) is 4.79 Å². The van der Waals surface area contributed by atoms with Crippen LogP contribution < -0.4 is 5.73 Å². The molecule has 2 N–H and O–H groups in total. The highest BCUT2D eigenvalue weighted by atomic mass is 79.9. The smallest absolute Gasteiger partial charge is 0.410 e. The summed E-state index contributed by atoms with van der Waals surface area (Å²) in [5.41, 5.74) is 7.58. The lowest BCUT2D eigenvalue weighted by atomic mass is 10.00. The molecule has 0 saturated carbocycles. The van der Waals surface area contributed by atoms with Crippen LogP contribution >= 0.6 is 27.5 Å². The number of amides is 1. The zero-order valence-electron chi connectivity index (χ0n) is 12.5. The molecule has 4 nitrogen and oxygen atoms in total. The van der Waals surface area contributed by atoms with Crippen molar-refractivity contribution >= 4 is 33.6 Å². The van der Waals surface area contributed by atoms with Crippen molar-refractivity contribution < 1.29 is 9.53 Å². The van der Waals surface area contributed by atoms with Crippen LogP contribution in [-0.2, 0) is 11.3 Å². The summed E-state index contributed by atoms with van der Waals surface area (Å²) < 4.78 is 6.36. The highest BCUT2D eigenvalue weighted by Gasteiger charge is 2.29. The molecule has 0 spiro atoms. The molecule has 1 aliphatic rings. The minimum absolute atomic E-state index is 0.183. The summed E-state index contributed by atoms with van der Waals surface area (Å²) in [7, 11) is 0. The fourth-order valence-electron chi connectivity index (χ4n) is 2.36. The zero-order chi connectivity index (χ0) is 15.8. The molecule has 0 aromatic heterocycles. The van der Waals surface area contributed by atoms with Gasteiger partial charge in [0.25, 0.3) is 0 Å². The van der Waals surface area contributed by atoms with Crippen molar-refractivity contribution in [3.63, 3.8) is 0 Å². The van der Waals surface area contributed by atoms with E-state index < -0.39 is 5.60 Å². The summed E-state index contributed by atoms with van der Waals surface area (Å²) in [6.45, 7) is 6.56. The van der Waals surface area contributed by atoms with Crippen molar-refractivity contribution in [2.45, 2.75) is 45.4 Å². The van der Waals surface area contributed by atoms with Crippen molar-refractivity contribution in [1.29, 1.82) is 0 Å². The minimum Gasteiger partial charge on any atom is -0.444 e. The predicted octanol–water partition coefficient (Wildman–Crippen LogP) is 4.24. The van der Waals surface area contributed by atoms with E-state index in [2.05, 4.69) is 15.9 Å². The second-order valence-corrected chi connectivity index (χ2v) is 7.48. The Kier molecular flexibility index (Phi) is 4.85. The van der Waals surface area contributed by atoms with E-state index in [-0.39, 0.29) is 12.1 Å². The van der Waals surface area contributed by atoms with Gasteiger partial charge < -0.3 is 15.4 Å². The average molecular weight is 376 g/mol. The van der Waals surface area contributed by atoms with Gasteiger partial charge >= 0.3 is 6.09 Å². The van der Waals surface area contributed by atoms with Crippen LogP contribution in [0, 0.1) is 0 Å². The summed E-state index contributed by atoms with van der Waals surface area (Å²) in [6, 6.07) is 3.53. The van der Waals surface area contributed by atoms with Gasteiger partial charge in [0.2, 0.25) is 0 Å². The van der Waals surface area contributed by atoms with Crippen LogP contribution in [0.2, 0.25) is 5.02 Å². The molecule has 1 aromatic rings. The summed E-state index contributed by atoms with van der Waals surface area (Å²) >= 11 is 9.80. The standard InChI is InChI=1S/C15H20BrClN2O2/c1-15(2,3)21-14(20)19-7-6-12(18)13-9(8-19)10(16)4-5-11(13)17/h4-5,12H,6-8,18H2,1-3H3. The first-order chi connectivity index (χ1) is 9.69. The highest BCUT2D eigenvalue weighted by Crippen LogP contribution is 2.35. The number of halogens is 2. The van der Waals surface area contributed by atoms with Crippen LogP contribution in [0.5, 0.6) is 0 Å². The molecule has 1 heterocycles. The lowest BCUT2D eigenvalue weighted by Gasteiger charge is -2.26. The summed E-state index contributed by atoms with van der Waals surface area (Å²) in [5, 5.41) is 0.645. The quantitative estimate of drug-likeness (QED) is 0.738. The van der Waals surface area contributed by atoms with Gasteiger partial charge in [0, 0.05) is 22.1 Å². The number of carbonyl (C=O) groups is 1. The Morgan fingerprint density at radius 3 is 2.76 bits per heavy atom. The molecule has 1 aromatic carbocycles. The molecule has 1 atom stereocenters. The van der Waals surface area contributed by atoms with E-state index in [0.29, 0.717) is 24.5 Å². The van der Waals surface area contributed by atoms with Gasteiger partial charge in [0.1, 0.15) is 5.60 Å². The lowest BCUT2D eigenvalue weighted by molar-refractivity contribution is 0.0234.